The number of pyridine rings is 1. The van der Waals surface area contributed by atoms with Crippen LogP contribution in [0, 0.1) is 0 Å². The second-order valence-corrected chi connectivity index (χ2v) is 9.57. The van der Waals surface area contributed by atoms with Gasteiger partial charge in [-0.05, 0) is 61.2 Å². The lowest BCUT2D eigenvalue weighted by Gasteiger charge is -2.01. The van der Waals surface area contributed by atoms with Gasteiger partial charge in [0.25, 0.3) is 0 Å². The average molecular weight is 509 g/mol. The number of nitrogens with one attached hydrogen (secondary N) is 1. The van der Waals surface area contributed by atoms with Crippen molar-refractivity contribution < 1.29 is 23.1 Å². The smallest absolute Gasteiger partial charge is 0.151 e. The van der Waals surface area contributed by atoms with E-state index in [4.69, 9.17) is 14.7 Å². The fraction of sp³-hybridized carbons (Fsp3) is 0.444. The van der Waals surface area contributed by atoms with Crippen LogP contribution in [0.25, 0.3) is 12.7 Å². The minimum Gasteiger partial charge on any atom is -0.497 e. The summed E-state index contributed by atoms with van der Waals surface area (Å²) >= 11 is 0. The Morgan fingerprint density at radius 3 is 2.31 bits per heavy atom. The molecule has 1 aromatic heterocycles. The van der Waals surface area contributed by atoms with Gasteiger partial charge in [-0.1, -0.05) is 51.3 Å². The van der Waals surface area contributed by atoms with Crippen LogP contribution in [0.3, 0.4) is 0 Å². The molecule has 2 heterocycles. The zero-order chi connectivity index (χ0) is 25.8. The van der Waals surface area contributed by atoms with E-state index in [1.165, 1.54) is 32.6 Å². The van der Waals surface area contributed by atoms with Crippen LogP contribution in [0.5, 0.6) is 5.75 Å². The van der Waals surface area contributed by atoms with Gasteiger partial charge in [0.2, 0.25) is 0 Å². The molecule has 7 nitrogen and oxygen atoms in total. The monoisotopic (exact) mass is 508 g/mol. The van der Waals surface area contributed by atoms with Crippen molar-refractivity contribution in [3.63, 3.8) is 0 Å². The first kappa shape index (κ1) is 34.6. The molecule has 198 valence electrons. The quantitative estimate of drug-likeness (QED) is 0.591. The molecule has 0 amide bonds. The minimum absolute atomic E-state index is 0. The van der Waals surface area contributed by atoms with E-state index in [0.717, 1.165) is 22.9 Å². The van der Waals surface area contributed by atoms with Crippen LogP contribution >= 0.6 is 0 Å². The summed E-state index contributed by atoms with van der Waals surface area (Å²) < 4.78 is 32.4. The van der Waals surface area contributed by atoms with Crippen molar-refractivity contribution in [3.05, 3.63) is 70.9 Å². The first-order valence-electron chi connectivity index (χ1n) is 11.2. The number of hydrogen-bond donors (Lipinski definition) is 2. The maximum absolute atomic E-state index is 11.1. The largest absolute Gasteiger partial charge is 0.497 e. The lowest BCUT2D eigenvalue weighted by atomic mass is 10.2. The molecule has 1 fully saturated rings. The summed E-state index contributed by atoms with van der Waals surface area (Å²) in [6.45, 7) is 8.93. The van der Waals surface area contributed by atoms with Crippen molar-refractivity contribution in [1.82, 2.24) is 10.5 Å². The summed E-state index contributed by atoms with van der Waals surface area (Å²) in [6.07, 6.45) is 12.7. The van der Waals surface area contributed by atoms with Crippen LogP contribution in [-0.4, -0.2) is 51.7 Å². The van der Waals surface area contributed by atoms with E-state index in [2.05, 4.69) is 18.5 Å². The standard InChI is InChI=1S/C12H15NO2S.C7H8O.C6H12O.CH5NO.CH4/c1-4-5-6-12-10(2)7-11(8-13-12)9-16(3,14)15;1-8-7-5-3-2-4-6-7;1-2-6-4-3-5-7-6;1-2-3;/h4-8H,2,9H2,1,3H3;2-6H,1H3;6H,2-5H2,1H3;2-3H,1H3;1H4/b5-4-,12-6+;;;;. The van der Waals surface area contributed by atoms with E-state index in [0.29, 0.717) is 11.7 Å². The molecule has 1 saturated heterocycles. The van der Waals surface area contributed by atoms with Gasteiger partial charge in [-0.2, -0.15) is 0 Å². The van der Waals surface area contributed by atoms with Gasteiger partial charge >= 0.3 is 0 Å². The second-order valence-electron chi connectivity index (χ2n) is 7.43. The van der Waals surface area contributed by atoms with E-state index >= 15 is 0 Å². The summed E-state index contributed by atoms with van der Waals surface area (Å²) in [5, 5.41) is 8.81. The number of hydrogen-bond acceptors (Lipinski definition) is 7. The van der Waals surface area contributed by atoms with Crippen molar-refractivity contribution in [2.24, 2.45) is 0 Å². The maximum Gasteiger partial charge on any atom is 0.151 e. The molecule has 0 aliphatic carbocycles. The summed E-state index contributed by atoms with van der Waals surface area (Å²) in [5.74, 6) is 0.916. The first-order chi connectivity index (χ1) is 16.2. The summed E-state index contributed by atoms with van der Waals surface area (Å²) in [5.41, 5.74) is 2.42. The molecule has 8 heteroatoms. The van der Waals surface area contributed by atoms with Crippen LogP contribution in [-0.2, 0) is 20.3 Å². The molecule has 35 heavy (non-hydrogen) atoms. The predicted octanol–water partition coefficient (Wildman–Crippen LogP) is 3.89. The molecule has 3 rings (SSSR count). The minimum atomic E-state index is -3.02. The van der Waals surface area contributed by atoms with E-state index in [-0.39, 0.29) is 13.2 Å². The van der Waals surface area contributed by atoms with Gasteiger partial charge in [-0.15, -0.1) is 0 Å². The maximum atomic E-state index is 11.1. The van der Waals surface area contributed by atoms with E-state index < -0.39 is 9.84 Å². The van der Waals surface area contributed by atoms with E-state index in [1.807, 2.05) is 55.5 Å². The normalized spacial score (nSPS) is 14.9. The molecule has 0 saturated carbocycles. The number of para-hydroxylation sites is 1. The molecule has 2 N–H and O–H groups in total. The Bertz CT molecular complexity index is 1020. The average Bonchev–Trinajstić information content (AvgIpc) is 3.34. The van der Waals surface area contributed by atoms with Gasteiger partial charge in [-0.25, -0.2) is 13.9 Å². The Labute approximate surface area is 212 Å². The van der Waals surface area contributed by atoms with Crippen molar-refractivity contribution in [3.8, 4) is 5.75 Å². The fourth-order valence-electron chi connectivity index (χ4n) is 2.81. The number of benzene rings is 1. The molecule has 0 bridgehead atoms. The van der Waals surface area contributed by atoms with Crippen LogP contribution in [0.15, 0.2) is 54.7 Å². The Kier molecular flexibility index (Phi) is 20.6. The molecule has 0 radical (unpaired) electrons. The number of aromatic nitrogens is 1. The van der Waals surface area contributed by atoms with Crippen molar-refractivity contribution in [2.45, 2.75) is 52.4 Å². The topological polar surface area (TPSA) is 97.8 Å². The van der Waals surface area contributed by atoms with Crippen molar-refractivity contribution in [1.29, 1.82) is 0 Å². The van der Waals surface area contributed by atoms with Gasteiger partial charge in [0.15, 0.2) is 9.84 Å². The SMILES string of the molecule is C.C=c1cc(CS(C)(=O)=O)cn/c1=C/C=C\C.CCC1CCCO1.CNO.COc1ccccc1. The highest BCUT2D eigenvalue weighted by molar-refractivity contribution is 7.89. The highest BCUT2D eigenvalue weighted by Gasteiger charge is 2.11. The Hall–Kier alpha value is -2.52. The number of hydroxylamine groups is 1. The molecule has 1 atom stereocenters. The summed E-state index contributed by atoms with van der Waals surface area (Å²) in [7, 11) is 0.0769. The van der Waals surface area contributed by atoms with Crippen LogP contribution in [0.1, 0.15) is 46.1 Å². The second kappa shape index (κ2) is 20.8. The Balaban J connectivity index is 0. The predicted molar refractivity (Wildman–Crippen MR) is 147 cm³/mol. The number of nitrogens with zero attached hydrogens (tertiary/aromatic N) is 1. The highest BCUT2D eigenvalue weighted by Crippen LogP contribution is 2.13. The molecule has 0 spiro atoms. The number of sulfone groups is 1. The number of ether oxygens (including phenoxy) is 2. The van der Waals surface area contributed by atoms with Gasteiger partial charge in [0.05, 0.1) is 24.3 Å². The molecule has 1 aromatic carbocycles. The van der Waals surface area contributed by atoms with Crippen LogP contribution < -0.4 is 20.8 Å². The van der Waals surface area contributed by atoms with Gasteiger partial charge < -0.3 is 14.7 Å². The zero-order valence-electron chi connectivity index (χ0n) is 21.0. The summed E-state index contributed by atoms with van der Waals surface area (Å²) in [6, 6.07) is 11.4. The van der Waals surface area contributed by atoms with Crippen molar-refractivity contribution >= 4 is 22.5 Å². The number of allylic oxidation sites excluding steroid dienone is 2. The van der Waals surface area contributed by atoms with Gasteiger partial charge in [0, 0.05) is 26.1 Å². The van der Waals surface area contributed by atoms with Crippen LogP contribution in [0.4, 0.5) is 0 Å². The van der Waals surface area contributed by atoms with Gasteiger partial charge in [0.1, 0.15) is 5.75 Å². The fourth-order valence-corrected chi connectivity index (χ4v) is 3.58. The molecular weight excluding hydrogens is 464 g/mol. The molecule has 1 aliphatic heterocycles. The number of rotatable bonds is 5. The van der Waals surface area contributed by atoms with Crippen molar-refractivity contribution in [2.75, 3.05) is 27.0 Å². The highest BCUT2D eigenvalue weighted by atomic mass is 32.2. The number of methoxy groups -OCH3 is 1. The summed E-state index contributed by atoms with van der Waals surface area (Å²) in [4.78, 5) is 4.17. The van der Waals surface area contributed by atoms with E-state index in [1.54, 1.807) is 24.9 Å². The zero-order valence-corrected chi connectivity index (χ0v) is 21.8. The molecule has 2 aromatic rings. The first-order valence-corrected chi connectivity index (χ1v) is 13.2. The molecule has 1 aliphatic rings. The molecule has 1 unspecified atom stereocenters. The van der Waals surface area contributed by atoms with E-state index in [9.17, 15) is 8.42 Å². The lowest BCUT2D eigenvalue weighted by molar-refractivity contribution is 0.108. The third kappa shape index (κ3) is 18.5. The van der Waals surface area contributed by atoms with Gasteiger partial charge in [-0.3, -0.25) is 4.98 Å². The third-order valence-corrected chi connectivity index (χ3v) is 5.25. The lowest BCUT2D eigenvalue weighted by Crippen LogP contribution is -2.27. The Morgan fingerprint density at radius 1 is 1.31 bits per heavy atom. The van der Waals surface area contributed by atoms with Crippen LogP contribution in [0.2, 0.25) is 0 Å². The Morgan fingerprint density at radius 2 is 1.94 bits per heavy atom. The third-order valence-electron chi connectivity index (χ3n) is 4.39. The molecular formula is C27H44N2O5S.